The molecule has 2 rings (SSSR count). The van der Waals surface area contributed by atoms with Gasteiger partial charge in [0.15, 0.2) is 0 Å². The Morgan fingerprint density at radius 1 is 1.36 bits per heavy atom. The van der Waals surface area contributed by atoms with Gasteiger partial charge in [-0.25, -0.2) is 0 Å². The number of nitrogens with two attached hydrogens (primary N) is 1. The third-order valence-electron chi connectivity index (χ3n) is 3.84. The number of nitrogens with zero attached hydrogens (tertiary/aromatic N) is 4. The van der Waals surface area contributed by atoms with E-state index >= 15 is 0 Å². The fourth-order valence-corrected chi connectivity index (χ4v) is 2.74. The molecule has 1 amide bonds. The molecule has 2 heterocycles. The number of aryl methyl sites for hydroxylation is 1. The quantitative estimate of drug-likeness (QED) is 0.878. The number of aromatic nitrogens is 2. The molecule has 0 spiro atoms. The van der Waals surface area contributed by atoms with Crippen LogP contribution >= 0.6 is 12.4 Å². The van der Waals surface area contributed by atoms with Gasteiger partial charge in [-0.05, 0) is 19.8 Å². The van der Waals surface area contributed by atoms with Crippen LogP contribution in [0.15, 0.2) is 12.4 Å². The Balaban J connectivity index is 0.00000242. The highest BCUT2D eigenvalue weighted by Crippen LogP contribution is 2.09. The fraction of sp³-hybridized carbons (Fsp3) is 0.733. The summed E-state index contributed by atoms with van der Waals surface area (Å²) in [5.41, 5.74) is 6.94. The first kappa shape index (κ1) is 18.9. The second-order valence-electron chi connectivity index (χ2n) is 5.86. The Morgan fingerprint density at radius 2 is 2.14 bits per heavy atom. The van der Waals surface area contributed by atoms with Crippen LogP contribution in [-0.4, -0.2) is 57.7 Å². The molecule has 7 heteroatoms. The van der Waals surface area contributed by atoms with E-state index < -0.39 is 6.04 Å². The van der Waals surface area contributed by atoms with Crippen LogP contribution in [0.3, 0.4) is 0 Å². The third kappa shape index (κ3) is 5.26. The van der Waals surface area contributed by atoms with E-state index in [2.05, 4.69) is 23.1 Å². The van der Waals surface area contributed by atoms with Gasteiger partial charge in [0.05, 0.1) is 12.2 Å². The van der Waals surface area contributed by atoms with E-state index in [1.807, 2.05) is 15.8 Å². The molecular formula is C15H28ClN5O. The molecule has 1 saturated heterocycles. The van der Waals surface area contributed by atoms with Gasteiger partial charge in [-0.2, -0.15) is 5.10 Å². The number of hydrogen-bond donors (Lipinski definition) is 1. The van der Waals surface area contributed by atoms with Crippen molar-refractivity contribution in [2.75, 3.05) is 26.2 Å². The van der Waals surface area contributed by atoms with E-state index in [0.29, 0.717) is 0 Å². The van der Waals surface area contributed by atoms with Crippen molar-refractivity contribution < 1.29 is 4.79 Å². The lowest BCUT2D eigenvalue weighted by Crippen LogP contribution is -2.43. The van der Waals surface area contributed by atoms with Gasteiger partial charge in [-0.1, -0.05) is 6.92 Å². The molecule has 1 unspecified atom stereocenters. The molecule has 126 valence electrons. The first-order valence-corrected chi connectivity index (χ1v) is 7.88. The summed E-state index contributed by atoms with van der Waals surface area (Å²) in [5, 5.41) is 4.37. The lowest BCUT2D eigenvalue weighted by atomic mass is 10.3. The molecule has 1 aliphatic rings. The Labute approximate surface area is 139 Å². The van der Waals surface area contributed by atoms with Crippen molar-refractivity contribution in [3.8, 4) is 0 Å². The predicted molar refractivity (Wildman–Crippen MR) is 89.9 cm³/mol. The first-order valence-electron chi connectivity index (χ1n) is 7.88. The molecule has 1 aromatic rings. The van der Waals surface area contributed by atoms with Gasteiger partial charge >= 0.3 is 0 Å². The standard InChI is InChI=1S/C15H27N5O.ClH/c1-3-5-20-12-14(10-17-20)11-18-6-4-7-19(9-8-18)15(21)13(2)16;/h10,12-13H,3-9,11,16H2,1-2H3;1H. The second kappa shape index (κ2) is 9.12. The number of amides is 1. The van der Waals surface area contributed by atoms with E-state index in [9.17, 15) is 4.79 Å². The average molecular weight is 330 g/mol. The predicted octanol–water partition coefficient (Wildman–Crippen LogP) is 1.10. The summed E-state index contributed by atoms with van der Waals surface area (Å²) >= 11 is 0. The van der Waals surface area contributed by atoms with Crippen LogP contribution in [-0.2, 0) is 17.9 Å². The Bertz CT molecular complexity index is 463. The van der Waals surface area contributed by atoms with Crippen molar-refractivity contribution in [3.05, 3.63) is 18.0 Å². The molecule has 0 saturated carbocycles. The maximum Gasteiger partial charge on any atom is 0.239 e. The highest BCUT2D eigenvalue weighted by Gasteiger charge is 2.21. The fourth-order valence-electron chi connectivity index (χ4n) is 2.74. The van der Waals surface area contributed by atoms with Crippen LogP contribution in [0.25, 0.3) is 0 Å². The average Bonchev–Trinajstić information content (AvgIpc) is 2.75. The number of carbonyl (C=O) groups excluding carboxylic acids is 1. The summed E-state index contributed by atoms with van der Waals surface area (Å²) in [6.07, 6.45) is 6.17. The molecule has 0 bridgehead atoms. The van der Waals surface area contributed by atoms with Crippen molar-refractivity contribution in [1.82, 2.24) is 19.6 Å². The summed E-state index contributed by atoms with van der Waals surface area (Å²) in [6.45, 7) is 9.28. The van der Waals surface area contributed by atoms with E-state index in [1.54, 1.807) is 6.92 Å². The van der Waals surface area contributed by atoms with Gasteiger partial charge in [-0.15, -0.1) is 12.4 Å². The first-order chi connectivity index (χ1) is 10.1. The number of hydrogen-bond acceptors (Lipinski definition) is 4. The highest BCUT2D eigenvalue weighted by atomic mass is 35.5. The van der Waals surface area contributed by atoms with Crippen molar-refractivity contribution in [1.29, 1.82) is 0 Å². The molecule has 0 radical (unpaired) electrons. The maximum atomic E-state index is 12.0. The minimum absolute atomic E-state index is 0. The number of carbonyl (C=O) groups is 1. The van der Waals surface area contributed by atoms with Gasteiger partial charge in [0, 0.05) is 51.0 Å². The smallest absolute Gasteiger partial charge is 0.239 e. The zero-order valence-electron chi connectivity index (χ0n) is 13.6. The minimum atomic E-state index is -0.399. The van der Waals surface area contributed by atoms with Crippen LogP contribution in [0.4, 0.5) is 0 Å². The summed E-state index contributed by atoms with van der Waals surface area (Å²) in [5.74, 6) is 0.0626. The molecule has 1 aromatic heterocycles. The third-order valence-corrected chi connectivity index (χ3v) is 3.84. The van der Waals surface area contributed by atoms with Gasteiger partial charge < -0.3 is 10.6 Å². The highest BCUT2D eigenvalue weighted by molar-refractivity contribution is 5.85. The van der Waals surface area contributed by atoms with Gasteiger partial charge in [0.2, 0.25) is 5.91 Å². The van der Waals surface area contributed by atoms with E-state index in [0.717, 1.165) is 52.1 Å². The summed E-state index contributed by atoms with van der Waals surface area (Å²) in [6, 6.07) is -0.399. The molecule has 6 nitrogen and oxygen atoms in total. The zero-order chi connectivity index (χ0) is 15.2. The van der Waals surface area contributed by atoms with Crippen LogP contribution in [0.1, 0.15) is 32.3 Å². The lowest BCUT2D eigenvalue weighted by molar-refractivity contribution is -0.132. The zero-order valence-corrected chi connectivity index (χ0v) is 14.4. The number of halogens is 1. The summed E-state index contributed by atoms with van der Waals surface area (Å²) in [4.78, 5) is 16.2. The lowest BCUT2D eigenvalue weighted by Gasteiger charge is -2.23. The van der Waals surface area contributed by atoms with E-state index in [4.69, 9.17) is 5.73 Å². The van der Waals surface area contributed by atoms with Crippen molar-refractivity contribution >= 4 is 18.3 Å². The van der Waals surface area contributed by atoms with Crippen molar-refractivity contribution in [2.24, 2.45) is 5.73 Å². The molecule has 0 aromatic carbocycles. The normalized spacial score (nSPS) is 17.7. The molecule has 1 fully saturated rings. The van der Waals surface area contributed by atoms with Gasteiger partial charge in [0.1, 0.15) is 0 Å². The maximum absolute atomic E-state index is 12.0. The topological polar surface area (TPSA) is 67.4 Å². The van der Waals surface area contributed by atoms with Crippen LogP contribution in [0, 0.1) is 0 Å². The molecule has 1 atom stereocenters. The monoisotopic (exact) mass is 329 g/mol. The van der Waals surface area contributed by atoms with Crippen LogP contribution in [0.2, 0.25) is 0 Å². The van der Waals surface area contributed by atoms with E-state index in [-0.39, 0.29) is 18.3 Å². The molecular weight excluding hydrogens is 302 g/mol. The number of rotatable bonds is 5. The summed E-state index contributed by atoms with van der Waals surface area (Å²) < 4.78 is 2.00. The van der Waals surface area contributed by atoms with Crippen LogP contribution < -0.4 is 5.73 Å². The van der Waals surface area contributed by atoms with E-state index in [1.165, 1.54) is 5.56 Å². The Kier molecular flexibility index (Phi) is 7.85. The summed E-state index contributed by atoms with van der Waals surface area (Å²) in [7, 11) is 0. The Hall–Kier alpha value is -1.11. The van der Waals surface area contributed by atoms with Crippen LogP contribution in [0.5, 0.6) is 0 Å². The minimum Gasteiger partial charge on any atom is -0.340 e. The molecule has 1 aliphatic heterocycles. The SMILES string of the molecule is CCCn1cc(CN2CCCN(C(=O)C(C)N)CC2)cn1.Cl. The molecule has 0 aliphatic carbocycles. The Morgan fingerprint density at radius 3 is 2.82 bits per heavy atom. The molecule has 22 heavy (non-hydrogen) atoms. The van der Waals surface area contributed by atoms with Crippen molar-refractivity contribution in [3.63, 3.8) is 0 Å². The molecule has 2 N–H and O–H groups in total. The van der Waals surface area contributed by atoms with Gasteiger partial charge in [-0.3, -0.25) is 14.4 Å². The second-order valence-corrected chi connectivity index (χ2v) is 5.86. The van der Waals surface area contributed by atoms with Crippen molar-refractivity contribution in [2.45, 2.75) is 45.8 Å². The van der Waals surface area contributed by atoms with Gasteiger partial charge in [0.25, 0.3) is 0 Å². The largest absolute Gasteiger partial charge is 0.340 e.